The number of fused-ring (bicyclic) bond motifs is 1. The number of aromatic nitrogens is 1. The van der Waals surface area contributed by atoms with E-state index >= 15 is 0 Å². The van der Waals surface area contributed by atoms with E-state index in [2.05, 4.69) is 4.98 Å². The summed E-state index contributed by atoms with van der Waals surface area (Å²) in [6.07, 6.45) is 1.19. The van der Waals surface area contributed by atoms with E-state index < -0.39 is 5.97 Å². The summed E-state index contributed by atoms with van der Waals surface area (Å²) in [6.45, 7) is 3.56. The van der Waals surface area contributed by atoms with Crippen molar-refractivity contribution < 1.29 is 14.3 Å². The molecule has 0 N–H and O–H groups in total. The topological polar surface area (TPSA) is 56.3 Å². The molecule has 0 aliphatic carbocycles. The van der Waals surface area contributed by atoms with Crippen molar-refractivity contribution in [1.82, 2.24) is 4.98 Å². The Labute approximate surface area is 137 Å². The average molecular weight is 325 g/mol. The van der Waals surface area contributed by atoms with Gasteiger partial charge in [0.05, 0.1) is 27.6 Å². The molecular weight excluding hydrogens is 310 g/mol. The molecule has 1 aromatic carbocycles. The molecule has 0 saturated heterocycles. The number of hydrogen-bond donors (Lipinski definition) is 0. The van der Waals surface area contributed by atoms with Gasteiger partial charge < -0.3 is 4.74 Å². The van der Waals surface area contributed by atoms with Crippen molar-refractivity contribution in [2.75, 3.05) is 0 Å². The number of ether oxygens (including phenoxy) is 1. The van der Waals surface area contributed by atoms with Gasteiger partial charge in [-0.2, -0.15) is 0 Å². The number of nitrogens with zero attached hydrogens (tertiary/aromatic N) is 1. The summed E-state index contributed by atoms with van der Waals surface area (Å²) >= 11 is 1.34. The second-order valence-electron chi connectivity index (χ2n) is 5.32. The molecular formula is C18H15NO3S. The second kappa shape index (κ2) is 6.30. The molecule has 5 heteroatoms. The van der Waals surface area contributed by atoms with Gasteiger partial charge in [0, 0.05) is 11.6 Å². The van der Waals surface area contributed by atoms with Crippen LogP contribution in [0.1, 0.15) is 39.4 Å². The van der Waals surface area contributed by atoms with Gasteiger partial charge in [0.1, 0.15) is 0 Å². The lowest BCUT2D eigenvalue weighted by Crippen LogP contribution is -2.17. The van der Waals surface area contributed by atoms with Crippen molar-refractivity contribution in [2.45, 2.75) is 20.0 Å². The van der Waals surface area contributed by atoms with Gasteiger partial charge in [0.15, 0.2) is 0 Å². The summed E-state index contributed by atoms with van der Waals surface area (Å²) in [6, 6.07) is 10.8. The van der Waals surface area contributed by atoms with Crippen molar-refractivity contribution in [3.05, 3.63) is 64.0 Å². The number of rotatable bonds is 4. The van der Waals surface area contributed by atoms with E-state index in [-0.39, 0.29) is 23.0 Å². The van der Waals surface area contributed by atoms with Gasteiger partial charge in [-0.15, -0.1) is 11.3 Å². The van der Waals surface area contributed by atoms with Crippen LogP contribution in [0.3, 0.4) is 0 Å². The number of benzene rings is 1. The maximum atomic E-state index is 12.7. The Morgan fingerprint density at radius 3 is 2.61 bits per heavy atom. The van der Waals surface area contributed by atoms with Crippen LogP contribution in [0.2, 0.25) is 0 Å². The zero-order valence-electron chi connectivity index (χ0n) is 12.8. The molecule has 0 bridgehead atoms. The first-order valence-electron chi connectivity index (χ1n) is 7.25. The summed E-state index contributed by atoms with van der Waals surface area (Å²) < 4.78 is 5.34. The maximum Gasteiger partial charge on any atom is 0.339 e. The molecule has 0 atom stereocenters. The Morgan fingerprint density at radius 2 is 1.91 bits per heavy atom. The minimum Gasteiger partial charge on any atom is -0.459 e. The van der Waals surface area contributed by atoms with Gasteiger partial charge in [0.25, 0.3) is 0 Å². The van der Waals surface area contributed by atoms with E-state index in [1.165, 1.54) is 17.5 Å². The van der Waals surface area contributed by atoms with Crippen LogP contribution in [0, 0.1) is 0 Å². The van der Waals surface area contributed by atoms with Gasteiger partial charge in [-0.1, -0.05) is 24.3 Å². The summed E-state index contributed by atoms with van der Waals surface area (Å²) in [5.41, 5.74) is 1.21. The molecule has 116 valence electrons. The van der Waals surface area contributed by atoms with Gasteiger partial charge in [-0.05, 0) is 31.4 Å². The molecule has 3 rings (SSSR count). The molecule has 0 spiro atoms. The van der Waals surface area contributed by atoms with Crippen LogP contribution in [0.25, 0.3) is 10.9 Å². The van der Waals surface area contributed by atoms with Gasteiger partial charge >= 0.3 is 5.97 Å². The van der Waals surface area contributed by atoms with Crippen LogP contribution in [-0.2, 0) is 4.74 Å². The quantitative estimate of drug-likeness (QED) is 0.535. The first-order valence-corrected chi connectivity index (χ1v) is 8.13. The summed E-state index contributed by atoms with van der Waals surface area (Å²) in [5.74, 6) is -0.715. The van der Waals surface area contributed by atoms with Crippen LogP contribution in [0.5, 0.6) is 0 Å². The largest absolute Gasteiger partial charge is 0.459 e. The van der Waals surface area contributed by atoms with E-state index in [1.807, 2.05) is 17.5 Å². The molecule has 3 aromatic rings. The lowest BCUT2D eigenvalue weighted by atomic mass is 10.00. The predicted molar refractivity (Wildman–Crippen MR) is 90.0 cm³/mol. The predicted octanol–water partition coefficient (Wildman–Crippen LogP) is 4.09. The lowest BCUT2D eigenvalue weighted by molar-refractivity contribution is 0.0378. The van der Waals surface area contributed by atoms with Gasteiger partial charge in [-0.3, -0.25) is 9.78 Å². The van der Waals surface area contributed by atoms with Crippen molar-refractivity contribution in [3.63, 3.8) is 0 Å². The van der Waals surface area contributed by atoms with Crippen LogP contribution >= 0.6 is 11.3 Å². The van der Waals surface area contributed by atoms with Crippen molar-refractivity contribution >= 4 is 34.0 Å². The standard InChI is InChI=1S/C18H15NO3S/c1-11(2)22-18(21)16-12-6-3-4-7-14(12)19-10-13(16)17(20)15-8-5-9-23-15/h3-11H,1-2H3. The molecule has 0 saturated carbocycles. The molecule has 0 amide bonds. The van der Waals surface area contributed by atoms with Gasteiger partial charge in [0.2, 0.25) is 5.78 Å². The number of hydrogen-bond acceptors (Lipinski definition) is 5. The van der Waals surface area contributed by atoms with E-state index in [4.69, 9.17) is 4.74 Å². The number of thiophene rings is 1. The highest BCUT2D eigenvalue weighted by atomic mass is 32.1. The van der Waals surface area contributed by atoms with Crippen LogP contribution < -0.4 is 0 Å². The fourth-order valence-electron chi connectivity index (χ4n) is 2.35. The van der Waals surface area contributed by atoms with E-state index in [9.17, 15) is 9.59 Å². The maximum absolute atomic E-state index is 12.7. The second-order valence-corrected chi connectivity index (χ2v) is 6.27. The molecule has 0 aliphatic rings. The normalized spacial score (nSPS) is 10.9. The van der Waals surface area contributed by atoms with E-state index in [0.717, 1.165) is 0 Å². The number of pyridine rings is 1. The number of carbonyl (C=O) groups is 2. The highest BCUT2D eigenvalue weighted by Crippen LogP contribution is 2.25. The number of para-hydroxylation sites is 1. The first kappa shape index (κ1) is 15.4. The Bertz CT molecular complexity index is 869. The SMILES string of the molecule is CC(C)OC(=O)c1c(C(=O)c2cccs2)cnc2ccccc12. The Hall–Kier alpha value is -2.53. The third-order valence-corrected chi connectivity index (χ3v) is 4.18. The van der Waals surface area contributed by atoms with E-state index in [1.54, 1.807) is 38.1 Å². The van der Waals surface area contributed by atoms with Crippen LogP contribution in [0.4, 0.5) is 0 Å². The summed E-state index contributed by atoms with van der Waals surface area (Å²) in [7, 11) is 0. The smallest absolute Gasteiger partial charge is 0.339 e. The number of esters is 1. The zero-order valence-corrected chi connectivity index (χ0v) is 13.6. The molecule has 4 nitrogen and oxygen atoms in total. The Kier molecular flexibility index (Phi) is 4.21. The molecule has 0 fully saturated rings. The fourth-order valence-corrected chi connectivity index (χ4v) is 3.02. The highest BCUT2D eigenvalue weighted by Gasteiger charge is 2.24. The number of ketones is 1. The third kappa shape index (κ3) is 3.00. The molecule has 0 radical (unpaired) electrons. The minimum atomic E-state index is -0.501. The monoisotopic (exact) mass is 325 g/mol. The molecule has 0 unspecified atom stereocenters. The Morgan fingerprint density at radius 1 is 1.13 bits per heavy atom. The van der Waals surface area contributed by atoms with Crippen LogP contribution in [-0.4, -0.2) is 22.8 Å². The summed E-state index contributed by atoms with van der Waals surface area (Å²) in [4.78, 5) is 30.2. The third-order valence-electron chi connectivity index (χ3n) is 3.31. The average Bonchev–Trinajstić information content (AvgIpc) is 3.06. The molecule has 2 aromatic heterocycles. The van der Waals surface area contributed by atoms with Crippen molar-refractivity contribution in [2.24, 2.45) is 0 Å². The minimum absolute atomic E-state index is 0.214. The highest BCUT2D eigenvalue weighted by molar-refractivity contribution is 7.12. The van der Waals surface area contributed by atoms with Gasteiger partial charge in [-0.25, -0.2) is 4.79 Å². The first-order chi connectivity index (χ1) is 11.1. The Balaban J connectivity index is 2.21. The van der Waals surface area contributed by atoms with Crippen LogP contribution in [0.15, 0.2) is 48.0 Å². The van der Waals surface area contributed by atoms with Crippen molar-refractivity contribution in [1.29, 1.82) is 0 Å². The number of carbonyl (C=O) groups excluding carboxylic acids is 2. The fraction of sp³-hybridized carbons (Fsp3) is 0.167. The molecule has 2 heterocycles. The van der Waals surface area contributed by atoms with E-state index in [0.29, 0.717) is 15.8 Å². The molecule has 23 heavy (non-hydrogen) atoms. The molecule has 0 aliphatic heterocycles. The lowest BCUT2D eigenvalue weighted by Gasteiger charge is -2.13. The zero-order chi connectivity index (χ0) is 16.4. The summed E-state index contributed by atoms with van der Waals surface area (Å²) in [5, 5.41) is 2.45. The van der Waals surface area contributed by atoms with Crippen molar-refractivity contribution in [3.8, 4) is 0 Å².